The van der Waals surface area contributed by atoms with E-state index in [0.717, 1.165) is 32.1 Å². The number of thiophene rings is 1. The summed E-state index contributed by atoms with van der Waals surface area (Å²) in [6.07, 6.45) is -5.75. The van der Waals surface area contributed by atoms with E-state index < -0.39 is 23.7 Å². The van der Waals surface area contributed by atoms with Crippen LogP contribution >= 0.6 is 11.3 Å². The van der Waals surface area contributed by atoms with Crippen molar-refractivity contribution in [3.63, 3.8) is 0 Å². The first-order valence-electron chi connectivity index (χ1n) is 8.52. The monoisotopic (exact) mass is 444 g/mol. The summed E-state index contributed by atoms with van der Waals surface area (Å²) in [6, 6.07) is 12.6. The minimum Gasteiger partial charge on any atom is -0.755 e. The third-order valence-corrected chi connectivity index (χ3v) is 6.33. The van der Waals surface area contributed by atoms with Crippen LogP contribution in [0.5, 0.6) is 5.75 Å². The summed E-state index contributed by atoms with van der Waals surface area (Å²) in [4.78, 5) is 0. The van der Waals surface area contributed by atoms with Gasteiger partial charge >= 0.3 is 6.36 Å². The molecular weight excluding hydrogens is 427 g/mol. The molecule has 5 nitrogen and oxygen atoms in total. The number of nitrogens with zero attached hydrogens (tertiary/aromatic N) is 1. The largest absolute Gasteiger partial charge is 0.755 e. The van der Waals surface area contributed by atoms with Gasteiger partial charge in [-0.15, -0.1) is 24.5 Å². The fourth-order valence-corrected chi connectivity index (χ4v) is 4.95. The molecule has 0 fully saturated rings. The minimum absolute atomic E-state index is 0.0734. The van der Waals surface area contributed by atoms with Gasteiger partial charge in [0.25, 0.3) is 0 Å². The van der Waals surface area contributed by atoms with Crippen molar-refractivity contribution in [3.8, 4) is 5.75 Å². The molecule has 0 aliphatic heterocycles. The van der Waals surface area contributed by atoms with Crippen molar-refractivity contribution in [2.45, 2.75) is 25.8 Å². The van der Waals surface area contributed by atoms with Crippen LogP contribution in [0.3, 0.4) is 0 Å². The van der Waals surface area contributed by atoms with Gasteiger partial charge in [0.15, 0.2) is 0 Å². The average Bonchev–Trinajstić information content (AvgIpc) is 2.97. The molecule has 3 rings (SSSR count). The maximum Gasteiger partial charge on any atom is 0.573 e. The second-order valence-electron chi connectivity index (χ2n) is 6.36. The Morgan fingerprint density at radius 1 is 1.21 bits per heavy atom. The lowest BCUT2D eigenvalue weighted by Gasteiger charge is -2.28. The lowest BCUT2D eigenvalue weighted by molar-refractivity contribution is -0.274. The molecule has 156 valence electrons. The molecule has 3 aromatic rings. The molecule has 2 atom stereocenters. The molecule has 10 heteroatoms. The number of aliphatic hydroxyl groups is 1. The molecule has 0 radical (unpaired) electrons. The molecule has 0 aliphatic rings. The van der Waals surface area contributed by atoms with Gasteiger partial charge in [0.1, 0.15) is 10.8 Å². The molecule has 1 heterocycles. The molecule has 2 unspecified atom stereocenters. The van der Waals surface area contributed by atoms with Crippen LogP contribution in [0.25, 0.3) is 10.1 Å². The van der Waals surface area contributed by atoms with Crippen molar-refractivity contribution in [2.24, 2.45) is 0 Å². The topological polar surface area (TPSA) is 72.8 Å². The van der Waals surface area contributed by atoms with E-state index in [9.17, 15) is 27.0 Å². The number of halogens is 3. The second-order valence-corrected chi connectivity index (χ2v) is 8.26. The number of hydrogen-bond donors (Lipinski definition) is 1. The molecule has 0 bridgehead atoms. The van der Waals surface area contributed by atoms with Gasteiger partial charge in [0.2, 0.25) is 0 Å². The lowest BCUT2D eigenvalue weighted by atomic mass is 10.1. The van der Waals surface area contributed by atoms with E-state index in [1.807, 2.05) is 31.2 Å². The van der Waals surface area contributed by atoms with E-state index in [4.69, 9.17) is 0 Å². The summed E-state index contributed by atoms with van der Waals surface area (Å²) in [5.74, 6) is -0.362. The number of aliphatic hydroxyl groups excluding tert-OH is 1. The molecule has 0 spiro atoms. The number of aryl methyl sites for hydroxylation is 1. The van der Waals surface area contributed by atoms with Crippen LogP contribution in [-0.4, -0.2) is 32.9 Å². The Morgan fingerprint density at radius 2 is 1.86 bits per heavy atom. The Morgan fingerprint density at radius 3 is 2.45 bits per heavy atom. The standard InChI is InChI=1S/C19H18F3NO4S2/c1-12-16-4-2-3-5-17(16)28-18(12)23(29(25)26)11-14(24)10-13-6-8-15(9-7-13)27-19(20,21)22/h2-9,14,24H,10-11H2,1H3,(H,25,26)/p-1. The quantitative estimate of drug-likeness (QED) is 0.551. The lowest BCUT2D eigenvalue weighted by Crippen LogP contribution is -2.34. The number of rotatable bonds is 7. The highest BCUT2D eigenvalue weighted by atomic mass is 32.2. The summed E-state index contributed by atoms with van der Waals surface area (Å²) in [6.45, 7) is 1.64. The Kier molecular flexibility index (Phi) is 6.47. The van der Waals surface area contributed by atoms with E-state index in [-0.39, 0.29) is 18.7 Å². The van der Waals surface area contributed by atoms with Gasteiger partial charge in [0.05, 0.1) is 12.6 Å². The van der Waals surface area contributed by atoms with Gasteiger partial charge in [0, 0.05) is 22.4 Å². The maximum atomic E-state index is 12.2. The summed E-state index contributed by atoms with van der Waals surface area (Å²) in [5.41, 5.74) is 1.35. The van der Waals surface area contributed by atoms with E-state index in [2.05, 4.69) is 4.74 Å². The van der Waals surface area contributed by atoms with Gasteiger partial charge in [-0.25, -0.2) is 0 Å². The predicted molar refractivity (Wildman–Crippen MR) is 106 cm³/mol. The fourth-order valence-electron chi connectivity index (χ4n) is 2.97. The van der Waals surface area contributed by atoms with Crippen LogP contribution < -0.4 is 9.04 Å². The second kappa shape index (κ2) is 8.70. The van der Waals surface area contributed by atoms with Crippen LogP contribution in [0.1, 0.15) is 11.1 Å². The zero-order valence-electron chi connectivity index (χ0n) is 15.2. The van der Waals surface area contributed by atoms with Gasteiger partial charge < -0.3 is 14.4 Å². The van der Waals surface area contributed by atoms with Crippen molar-refractivity contribution in [1.82, 2.24) is 0 Å². The van der Waals surface area contributed by atoms with Crippen LogP contribution in [0.4, 0.5) is 18.2 Å². The predicted octanol–water partition coefficient (Wildman–Crippen LogP) is 4.31. The maximum absolute atomic E-state index is 12.2. The number of alkyl halides is 3. The molecule has 0 amide bonds. The number of anilines is 1. The Bertz CT molecular complexity index is 1000. The molecule has 0 saturated heterocycles. The highest BCUT2D eigenvalue weighted by molar-refractivity contribution is 7.81. The van der Waals surface area contributed by atoms with Crippen LogP contribution in [-0.2, 0) is 17.7 Å². The third kappa shape index (κ3) is 5.47. The zero-order chi connectivity index (χ0) is 21.2. The Labute approximate surface area is 171 Å². The van der Waals surface area contributed by atoms with Gasteiger partial charge in [-0.1, -0.05) is 30.3 Å². The third-order valence-electron chi connectivity index (χ3n) is 4.23. The summed E-state index contributed by atoms with van der Waals surface area (Å²) in [5, 5.41) is 11.8. The van der Waals surface area contributed by atoms with E-state index in [1.165, 1.54) is 23.5 Å². The minimum atomic E-state index is -4.78. The van der Waals surface area contributed by atoms with Crippen molar-refractivity contribution in [3.05, 3.63) is 59.7 Å². The average molecular weight is 444 g/mol. The van der Waals surface area contributed by atoms with Crippen LogP contribution in [0, 0.1) is 6.92 Å². The Hall–Kier alpha value is -2.14. The molecular formula is C19H17F3NO4S2-. The number of fused-ring (bicyclic) bond motifs is 1. The van der Waals surface area contributed by atoms with Crippen LogP contribution in [0.15, 0.2) is 48.5 Å². The zero-order valence-corrected chi connectivity index (χ0v) is 16.8. The van der Waals surface area contributed by atoms with E-state index >= 15 is 0 Å². The van der Waals surface area contributed by atoms with Gasteiger partial charge in [-0.2, -0.15) is 0 Å². The molecule has 0 aliphatic carbocycles. The van der Waals surface area contributed by atoms with Gasteiger partial charge in [-0.05, 0) is 41.6 Å². The smallest absolute Gasteiger partial charge is 0.573 e. The Balaban J connectivity index is 1.72. The van der Waals surface area contributed by atoms with Crippen molar-refractivity contribution >= 4 is 37.7 Å². The molecule has 1 N–H and O–H groups in total. The SMILES string of the molecule is Cc1c(N(CC(O)Cc2ccc(OC(F)(F)F)cc2)S(=O)[O-])sc2ccccc12. The first-order chi connectivity index (χ1) is 13.6. The highest BCUT2D eigenvalue weighted by Crippen LogP contribution is 2.38. The van der Waals surface area contributed by atoms with E-state index in [0.29, 0.717) is 10.6 Å². The van der Waals surface area contributed by atoms with Crippen molar-refractivity contribution < 1.29 is 31.8 Å². The molecule has 1 aromatic heterocycles. The number of benzene rings is 2. The van der Waals surface area contributed by atoms with Gasteiger partial charge in [-0.3, -0.25) is 8.51 Å². The first kappa shape index (κ1) is 21.6. The summed E-state index contributed by atoms with van der Waals surface area (Å²) in [7, 11) is 0. The highest BCUT2D eigenvalue weighted by Gasteiger charge is 2.31. The number of ether oxygens (including phenoxy) is 1. The first-order valence-corrected chi connectivity index (χ1v) is 10.4. The molecule has 0 saturated carbocycles. The normalized spacial score (nSPS) is 14.0. The molecule has 29 heavy (non-hydrogen) atoms. The summed E-state index contributed by atoms with van der Waals surface area (Å²) >= 11 is -1.28. The number of hydrogen-bond acceptors (Lipinski definition) is 5. The fraction of sp³-hybridized carbons (Fsp3) is 0.263. The molecule has 2 aromatic carbocycles. The van der Waals surface area contributed by atoms with Crippen LogP contribution in [0.2, 0.25) is 0 Å². The van der Waals surface area contributed by atoms with E-state index in [1.54, 1.807) is 0 Å². The van der Waals surface area contributed by atoms with Crippen molar-refractivity contribution in [2.75, 3.05) is 10.8 Å². The summed E-state index contributed by atoms with van der Waals surface area (Å²) < 4.78 is 66.1. The van der Waals surface area contributed by atoms with Crippen molar-refractivity contribution in [1.29, 1.82) is 0 Å².